The minimum absolute atomic E-state index is 0.207. The molecule has 0 radical (unpaired) electrons. The largest absolute Gasteiger partial charge is 0.467 e. The molecule has 3 rings (SSSR count). The Kier molecular flexibility index (Phi) is 4.21. The maximum absolute atomic E-state index is 9.01. The molecule has 0 unspecified atom stereocenters. The molecule has 0 aliphatic carbocycles. The van der Waals surface area contributed by atoms with Crippen molar-refractivity contribution in [3.05, 3.63) is 48.7 Å². The van der Waals surface area contributed by atoms with Crippen LogP contribution in [0.3, 0.4) is 0 Å². The first kappa shape index (κ1) is 14.4. The summed E-state index contributed by atoms with van der Waals surface area (Å²) in [7, 11) is 0. The molecule has 3 aromatic heterocycles. The molecule has 0 bridgehead atoms. The van der Waals surface area contributed by atoms with E-state index in [2.05, 4.69) is 21.3 Å². The topological polar surface area (TPSA) is 80.5 Å². The Morgan fingerprint density at radius 1 is 1.36 bits per heavy atom. The zero-order chi connectivity index (χ0) is 15.4. The summed E-state index contributed by atoms with van der Waals surface area (Å²) in [5, 5.41) is 18.0. The van der Waals surface area contributed by atoms with Crippen LogP contribution in [0.2, 0.25) is 0 Å². The van der Waals surface area contributed by atoms with E-state index in [0.29, 0.717) is 17.5 Å². The molecule has 0 aromatic carbocycles. The average molecular weight is 311 g/mol. The van der Waals surface area contributed by atoms with Gasteiger partial charge in [0.1, 0.15) is 5.76 Å². The molecule has 0 saturated heterocycles. The Morgan fingerprint density at radius 2 is 2.27 bits per heavy atom. The number of hydrogen-bond acceptors (Lipinski definition) is 6. The second-order valence-electron chi connectivity index (χ2n) is 4.60. The van der Waals surface area contributed by atoms with Gasteiger partial charge in [0.2, 0.25) is 0 Å². The fourth-order valence-electron chi connectivity index (χ4n) is 1.97. The first-order chi connectivity index (χ1) is 10.8. The summed E-state index contributed by atoms with van der Waals surface area (Å²) in [5.41, 5.74) is 0.873. The van der Waals surface area contributed by atoms with Crippen LogP contribution < -0.4 is 0 Å². The van der Waals surface area contributed by atoms with Crippen LogP contribution >= 0.6 is 11.8 Å². The molecule has 22 heavy (non-hydrogen) atoms. The number of nitrogens with zero attached hydrogens (tertiary/aromatic N) is 5. The van der Waals surface area contributed by atoms with Crippen LogP contribution in [0, 0.1) is 11.3 Å². The average Bonchev–Trinajstić information content (AvgIpc) is 3.19. The minimum Gasteiger partial charge on any atom is -0.467 e. The summed E-state index contributed by atoms with van der Waals surface area (Å²) in [6.45, 7) is 2.34. The van der Waals surface area contributed by atoms with Crippen molar-refractivity contribution in [2.24, 2.45) is 0 Å². The van der Waals surface area contributed by atoms with Crippen molar-refractivity contribution < 1.29 is 4.42 Å². The van der Waals surface area contributed by atoms with Gasteiger partial charge in [0.05, 0.1) is 24.1 Å². The first-order valence-corrected chi connectivity index (χ1v) is 7.58. The summed E-state index contributed by atoms with van der Waals surface area (Å²) in [4.78, 5) is 4.12. The Morgan fingerprint density at radius 3 is 2.95 bits per heavy atom. The molecule has 0 aliphatic rings. The van der Waals surface area contributed by atoms with Crippen LogP contribution in [0.1, 0.15) is 12.7 Å². The summed E-state index contributed by atoms with van der Waals surface area (Å²) >= 11 is 1.37. The Hall–Kier alpha value is -2.59. The lowest BCUT2D eigenvalue weighted by Crippen LogP contribution is -2.05. The number of pyridine rings is 1. The van der Waals surface area contributed by atoms with E-state index < -0.39 is 0 Å². The second kappa shape index (κ2) is 6.45. The fraction of sp³-hybridized carbons (Fsp3) is 0.200. The lowest BCUT2D eigenvalue weighted by Gasteiger charge is -2.09. The minimum atomic E-state index is -0.207. The van der Waals surface area contributed by atoms with Crippen LogP contribution in [0.5, 0.6) is 0 Å². The van der Waals surface area contributed by atoms with Crippen molar-refractivity contribution >= 4 is 11.8 Å². The third-order valence-corrected chi connectivity index (χ3v) is 3.97. The van der Waals surface area contributed by atoms with Crippen molar-refractivity contribution in [3.8, 4) is 17.5 Å². The zero-order valence-corrected chi connectivity index (χ0v) is 12.7. The van der Waals surface area contributed by atoms with Crippen molar-refractivity contribution in [3.63, 3.8) is 0 Å². The highest BCUT2D eigenvalue weighted by molar-refractivity contribution is 8.00. The summed E-state index contributed by atoms with van der Waals surface area (Å²) < 4.78 is 7.36. The van der Waals surface area contributed by atoms with E-state index in [-0.39, 0.29) is 5.25 Å². The predicted octanol–water partition coefficient (Wildman–Crippen LogP) is 2.99. The van der Waals surface area contributed by atoms with E-state index >= 15 is 0 Å². The molecular weight excluding hydrogens is 298 g/mol. The lowest BCUT2D eigenvalue weighted by atomic mass is 10.2. The normalized spacial score (nSPS) is 12.0. The van der Waals surface area contributed by atoms with Gasteiger partial charge in [-0.05, 0) is 31.2 Å². The van der Waals surface area contributed by atoms with Crippen LogP contribution in [-0.4, -0.2) is 25.0 Å². The number of nitriles is 1. The monoisotopic (exact) mass is 311 g/mol. The molecule has 7 heteroatoms. The Labute approximate surface area is 131 Å². The molecule has 0 N–H and O–H groups in total. The fourth-order valence-corrected chi connectivity index (χ4v) is 2.71. The van der Waals surface area contributed by atoms with Gasteiger partial charge < -0.3 is 4.42 Å². The summed E-state index contributed by atoms with van der Waals surface area (Å²) in [6.07, 6.45) is 5.09. The van der Waals surface area contributed by atoms with Gasteiger partial charge in [0, 0.05) is 18.0 Å². The highest BCUT2D eigenvalue weighted by atomic mass is 32.2. The molecule has 0 aliphatic heterocycles. The van der Waals surface area contributed by atoms with Crippen LogP contribution in [0.25, 0.3) is 11.4 Å². The molecule has 0 spiro atoms. The second-order valence-corrected chi connectivity index (χ2v) is 5.91. The maximum atomic E-state index is 9.01. The first-order valence-electron chi connectivity index (χ1n) is 6.70. The predicted molar refractivity (Wildman–Crippen MR) is 82.0 cm³/mol. The number of hydrogen-bond donors (Lipinski definition) is 0. The highest BCUT2D eigenvalue weighted by Gasteiger charge is 2.17. The highest BCUT2D eigenvalue weighted by Crippen LogP contribution is 2.27. The quantitative estimate of drug-likeness (QED) is 0.674. The van der Waals surface area contributed by atoms with E-state index in [1.165, 1.54) is 11.8 Å². The van der Waals surface area contributed by atoms with Gasteiger partial charge in [-0.2, -0.15) is 5.26 Å². The molecule has 3 heterocycles. The van der Waals surface area contributed by atoms with Crippen LogP contribution in [-0.2, 0) is 6.54 Å². The third-order valence-electron chi connectivity index (χ3n) is 2.99. The summed E-state index contributed by atoms with van der Waals surface area (Å²) in [6, 6.07) is 9.72. The van der Waals surface area contributed by atoms with Gasteiger partial charge in [-0.1, -0.05) is 11.8 Å². The summed E-state index contributed by atoms with van der Waals surface area (Å²) in [5.74, 6) is 1.51. The van der Waals surface area contributed by atoms with Gasteiger partial charge in [-0.3, -0.25) is 9.55 Å². The molecule has 6 nitrogen and oxygen atoms in total. The molecule has 3 aromatic rings. The number of rotatable bonds is 5. The number of thioether (sulfide) groups is 1. The van der Waals surface area contributed by atoms with E-state index in [9.17, 15) is 0 Å². The molecule has 0 saturated carbocycles. The Bertz CT molecular complexity index is 776. The third kappa shape index (κ3) is 3.02. The van der Waals surface area contributed by atoms with Gasteiger partial charge in [-0.15, -0.1) is 10.2 Å². The van der Waals surface area contributed by atoms with E-state index in [1.54, 1.807) is 18.7 Å². The van der Waals surface area contributed by atoms with E-state index in [1.807, 2.05) is 35.8 Å². The lowest BCUT2D eigenvalue weighted by molar-refractivity contribution is 0.485. The van der Waals surface area contributed by atoms with Crippen molar-refractivity contribution in [2.75, 3.05) is 0 Å². The van der Waals surface area contributed by atoms with Crippen molar-refractivity contribution in [1.29, 1.82) is 5.26 Å². The SMILES string of the molecule is C[C@H](C#N)Sc1nnc(-c2cccnc2)n1Cc1ccco1. The maximum Gasteiger partial charge on any atom is 0.193 e. The molecule has 0 fully saturated rings. The van der Waals surface area contributed by atoms with E-state index in [4.69, 9.17) is 9.68 Å². The van der Waals surface area contributed by atoms with E-state index in [0.717, 1.165) is 11.3 Å². The zero-order valence-electron chi connectivity index (χ0n) is 11.9. The van der Waals surface area contributed by atoms with Gasteiger partial charge in [0.25, 0.3) is 0 Å². The molecule has 0 amide bonds. The Balaban J connectivity index is 2.01. The van der Waals surface area contributed by atoms with Gasteiger partial charge in [-0.25, -0.2) is 0 Å². The smallest absolute Gasteiger partial charge is 0.193 e. The molecular formula is C15H13N5OS. The number of furan rings is 1. The standard InChI is InChI=1S/C15H13N5OS/c1-11(8-16)22-15-19-18-14(12-4-2-6-17-9-12)20(15)10-13-5-3-7-21-13/h2-7,9,11H,10H2,1H3/t11-/m1/s1. The van der Waals surface area contributed by atoms with Crippen LogP contribution in [0.15, 0.2) is 52.5 Å². The van der Waals surface area contributed by atoms with Crippen molar-refractivity contribution in [2.45, 2.75) is 23.9 Å². The van der Waals surface area contributed by atoms with Gasteiger partial charge >= 0.3 is 0 Å². The number of aromatic nitrogens is 4. The van der Waals surface area contributed by atoms with Crippen molar-refractivity contribution in [1.82, 2.24) is 19.7 Å². The van der Waals surface area contributed by atoms with Gasteiger partial charge in [0.15, 0.2) is 11.0 Å². The molecule has 110 valence electrons. The van der Waals surface area contributed by atoms with Crippen LogP contribution in [0.4, 0.5) is 0 Å². The molecule has 1 atom stereocenters.